The van der Waals surface area contributed by atoms with Crippen molar-refractivity contribution in [1.82, 2.24) is 3.97 Å². The fourth-order valence-electron chi connectivity index (χ4n) is 3.10. The number of nitrogens with zero attached hydrogens (tertiary/aromatic N) is 1. The fourth-order valence-corrected chi connectivity index (χ4v) is 4.49. The van der Waals surface area contributed by atoms with Gasteiger partial charge in [-0.3, -0.25) is 8.77 Å². The number of fused-ring (bicyclic) bond motifs is 1. The summed E-state index contributed by atoms with van der Waals surface area (Å²) in [6.45, 7) is 1.58. The third-order valence-corrected chi connectivity index (χ3v) is 6.07. The van der Waals surface area contributed by atoms with Crippen LogP contribution in [0.3, 0.4) is 0 Å². The number of benzene rings is 2. The van der Waals surface area contributed by atoms with Gasteiger partial charge in [-0.05, 0) is 30.7 Å². The minimum Gasteiger partial charge on any atom is -0.496 e. The van der Waals surface area contributed by atoms with Gasteiger partial charge in [0.05, 0.1) is 18.2 Å². The minimum atomic E-state index is -4.51. The van der Waals surface area contributed by atoms with Gasteiger partial charge in [-0.1, -0.05) is 6.07 Å². The predicted molar refractivity (Wildman–Crippen MR) is 110 cm³/mol. The molecule has 9 heteroatoms. The number of carbonyl (C=O) groups is 1. The molecule has 0 bridgehead atoms. The first-order valence-corrected chi connectivity index (χ1v) is 11.3. The van der Waals surface area contributed by atoms with Crippen LogP contribution < -0.4 is 4.74 Å². The van der Waals surface area contributed by atoms with Gasteiger partial charge >= 0.3 is 6.18 Å². The maximum absolute atomic E-state index is 13.4. The standard InChI is InChI=1S/C19H14F4INO2S/c1-10-5-12(19(21,22)23)7-14-15(9-25(28-24)18(10)14)16(26)6-11-3-4-13(20)8-17(11)27-2/h3-5,7-9H,6H2,1-2H3. The highest BCUT2D eigenvalue weighted by Gasteiger charge is 2.32. The van der Waals surface area contributed by atoms with Gasteiger partial charge in [0.15, 0.2) is 5.78 Å². The first-order chi connectivity index (χ1) is 13.2. The zero-order valence-corrected chi connectivity index (χ0v) is 17.7. The smallest absolute Gasteiger partial charge is 0.416 e. The molecule has 0 spiro atoms. The van der Waals surface area contributed by atoms with Crippen LogP contribution in [0.25, 0.3) is 10.9 Å². The van der Waals surface area contributed by atoms with E-state index in [4.69, 9.17) is 4.74 Å². The summed E-state index contributed by atoms with van der Waals surface area (Å²) in [7, 11) is 2.62. The van der Waals surface area contributed by atoms with Gasteiger partial charge in [-0.25, -0.2) is 4.39 Å². The van der Waals surface area contributed by atoms with Crippen molar-refractivity contribution in [2.45, 2.75) is 19.5 Å². The molecule has 0 unspecified atom stereocenters. The van der Waals surface area contributed by atoms with Crippen LogP contribution in [-0.4, -0.2) is 16.9 Å². The number of hydrogen-bond donors (Lipinski definition) is 0. The number of carbonyl (C=O) groups excluding carboxylic acids is 1. The number of Topliss-reactive ketones (excluding diaryl/α,β-unsaturated/α-hetero) is 1. The van der Waals surface area contributed by atoms with Gasteiger partial charge < -0.3 is 4.74 Å². The highest BCUT2D eigenvalue weighted by atomic mass is 127. The van der Waals surface area contributed by atoms with Crippen molar-refractivity contribution in [2.24, 2.45) is 0 Å². The van der Waals surface area contributed by atoms with E-state index in [0.29, 0.717) is 16.6 Å². The Balaban J connectivity index is 2.12. The molecular weight excluding hydrogens is 509 g/mol. The van der Waals surface area contributed by atoms with E-state index in [1.54, 1.807) is 10.9 Å². The number of hydrogen-bond acceptors (Lipinski definition) is 3. The molecule has 0 saturated heterocycles. The zero-order chi connectivity index (χ0) is 20.6. The van der Waals surface area contributed by atoms with Crippen molar-refractivity contribution >= 4 is 47.0 Å². The maximum Gasteiger partial charge on any atom is 0.416 e. The number of rotatable bonds is 5. The average molecular weight is 523 g/mol. The molecule has 28 heavy (non-hydrogen) atoms. The molecule has 3 aromatic rings. The van der Waals surface area contributed by atoms with E-state index in [1.165, 1.54) is 40.6 Å². The zero-order valence-electron chi connectivity index (χ0n) is 14.7. The number of ether oxygens (including phenoxy) is 1. The summed E-state index contributed by atoms with van der Waals surface area (Å²) in [5.41, 5.74) is 0.816. The van der Waals surface area contributed by atoms with Crippen molar-refractivity contribution in [3.05, 3.63) is 64.6 Å². The highest BCUT2D eigenvalue weighted by molar-refractivity contribution is 14.2. The average Bonchev–Trinajstić information content (AvgIpc) is 3.02. The Morgan fingerprint density at radius 1 is 1.25 bits per heavy atom. The Hall–Kier alpha value is -1.75. The number of alkyl halides is 3. The third-order valence-electron chi connectivity index (χ3n) is 4.36. The van der Waals surface area contributed by atoms with Crippen molar-refractivity contribution in [3.63, 3.8) is 0 Å². The van der Waals surface area contributed by atoms with Crippen molar-refractivity contribution in [1.29, 1.82) is 0 Å². The van der Waals surface area contributed by atoms with Gasteiger partial charge in [0, 0.05) is 65.5 Å². The summed E-state index contributed by atoms with van der Waals surface area (Å²) < 4.78 is 59.9. The lowest BCUT2D eigenvalue weighted by Gasteiger charge is -2.10. The summed E-state index contributed by atoms with van der Waals surface area (Å²) in [4.78, 5) is 12.9. The van der Waals surface area contributed by atoms with Crippen LogP contribution in [-0.2, 0) is 12.6 Å². The van der Waals surface area contributed by atoms with Gasteiger partial charge in [0.25, 0.3) is 0 Å². The lowest BCUT2D eigenvalue weighted by Crippen LogP contribution is -2.07. The number of aryl methyl sites for hydroxylation is 1. The molecule has 0 aliphatic carbocycles. The number of aromatic nitrogens is 1. The SMILES string of the molecule is COc1cc(F)ccc1CC(=O)c1cn(SI)c2c(C)cc(C(F)(F)F)cc12. The molecule has 0 atom stereocenters. The Morgan fingerprint density at radius 3 is 2.57 bits per heavy atom. The lowest BCUT2D eigenvalue weighted by atomic mass is 9.99. The minimum absolute atomic E-state index is 0.121. The summed E-state index contributed by atoms with van der Waals surface area (Å²) in [6.07, 6.45) is -3.10. The molecule has 0 radical (unpaired) electrons. The van der Waals surface area contributed by atoms with E-state index in [9.17, 15) is 22.4 Å². The Labute approximate surface area is 174 Å². The summed E-state index contributed by atoms with van der Waals surface area (Å²) >= 11 is 2.00. The second kappa shape index (κ2) is 7.94. The molecule has 0 aliphatic heterocycles. The van der Waals surface area contributed by atoms with Crippen LogP contribution in [0.4, 0.5) is 17.6 Å². The highest BCUT2D eigenvalue weighted by Crippen LogP contribution is 2.37. The van der Waals surface area contributed by atoms with Gasteiger partial charge in [-0.15, -0.1) is 0 Å². The summed E-state index contributed by atoms with van der Waals surface area (Å²) in [5, 5.41) is 0.238. The second-order valence-corrected chi connectivity index (χ2v) is 7.89. The molecule has 148 valence electrons. The Bertz CT molecular complexity index is 1060. The van der Waals surface area contributed by atoms with Crippen molar-refractivity contribution in [2.75, 3.05) is 7.11 Å². The topological polar surface area (TPSA) is 31.2 Å². The molecule has 0 fully saturated rings. The van der Waals surface area contributed by atoms with Crippen molar-refractivity contribution in [3.8, 4) is 5.75 Å². The molecule has 0 N–H and O–H groups in total. The molecule has 3 rings (SSSR count). The molecule has 0 amide bonds. The van der Waals surface area contributed by atoms with Crippen LogP contribution in [0.2, 0.25) is 0 Å². The number of methoxy groups -OCH3 is 1. The molecule has 2 aromatic carbocycles. The van der Waals surface area contributed by atoms with E-state index in [1.807, 2.05) is 21.2 Å². The van der Waals surface area contributed by atoms with E-state index in [0.717, 1.165) is 12.1 Å². The predicted octanol–water partition coefficient (Wildman–Crippen LogP) is 6.39. The normalized spacial score (nSPS) is 11.8. The van der Waals surface area contributed by atoms with Gasteiger partial charge in [0.1, 0.15) is 11.6 Å². The maximum atomic E-state index is 13.4. The van der Waals surface area contributed by atoms with Crippen LogP contribution in [0.5, 0.6) is 5.75 Å². The molecule has 0 saturated carbocycles. The van der Waals surface area contributed by atoms with Crippen LogP contribution in [0, 0.1) is 12.7 Å². The number of ketones is 1. The van der Waals surface area contributed by atoms with E-state index < -0.39 is 17.6 Å². The summed E-state index contributed by atoms with van der Waals surface area (Å²) in [6, 6.07) is 5.88. The second-order valence-electron chi connectivity index (χ2n) is 6.18. The van der Waals surface area contributed by atoms with Gasteiger partial charge in [0.2, 0.25) is 0 Å². The van der Waals surface area contributed by atoms with E-state index in [2.05, 4.69) is 0 Å². The lowest BCUT2D eigenvalue weighted by molar-refractivity contribution is -0.137. The molecule has 0 aliphatic rings. The molecule has 1 aromatic heterocycles. The molecule has 1 heterocycles. The first kappa shape index (κ1) is 21.0. The fraction of sp³-hybridized carbons (Fsp3) is 0.211. The van der Waals surface area contributed by atoms with E-state index >= 15 is 0 Å². The Morgan fingerprint density at radius 2 is 1.96 bits per heavy atom. The van der Waals surface area contributed by atoms with Crippen molar-refractivity contribution < 1.29 is 27.1 Å². The monoisotopic (exact) mass is 523 g/mol. The van der Waals surface area contributed by atoms with E-state index in [-0.39, 0.29) is 28.9 Å². The van der Waals surface area contributed by atoms with Crippen LogP contribution in [0.1, 0.15) is 27.0 Å². The summed E-state index contributed by atoms with van der Waals surface area (Å²) in [5.74, 6) is -0.665. The first-order valence-electron chi connectivity index (χ1n) is 8.03. The quantitative estimate of drug-likeness (QED) is 0.221. The third kappa shape index (κ3) is 4.00. The van der Waals surface area contributed by atoms with Crippen LogP contribution >= 0.6 is 30.3 Å². The number of halogens is 5. The Kier molecular flexibility index (Phi) is 5.95. The van der Waals surface area contributed by atoms with Gasteiger partial charge in [-0.2, -0.15) is 13.2 Å². The molecular formula is C19H14F4INO2S. The molecule has 3 nitrogen and oxygen atoms in total. The van der Waals surface area contributed by atoms with Crippen LogP contribution in [0.15, 0.2) is 36.5 Å². The largest absolute Gasteiger partial charge is 0.496 e.